The number of nitrogens with two attached hydrogens (primary N) is 1. The number of hydrogen-bond donors (Lipinski definition) is 1. The van der Waals surface area contributed by atoms with Crippen LogP contribution in [0, 0.1) is 17.8 Å². The van der Waals surface area contributed by atoms with Crippen LogP contribution in [0.25, 0.3) is 0 Å². The number of rotatable bonds is 2. The summed E-state index contributed by atoms with van der Waals surface area (Å²) in [5, 5.41) is 0. The molecular weight excluding hydrogens is 232 g/mol. The van der Waals surface area contributed by atoms with E-state index in [4.69, 9.17) is 5.73 Å². The van der Waals surface area contributed by atoms with Crippen molar-refractivity contribution in [3.63, 3.8) is 0 Å². The highest BCUT2D eigenvalue weighted by molar-refractivity contribution is 5.37. The van der Waals surface area contributed by atoms with Crippen LogP contribution < -0.4 is 5.73 Å². The van der Waals surface area contributed by atoms with Gasteiger partial charge >= 0.3 is 0 Å². The minimum atomic E-state index is 0.425. The van der Waals surface area contributed by atoms with E-state index in [1.54, 1.807) is 0 Å². The Morgan fingerprint density at radius 1 is 1.32 bits per heavy atom. The molecule has 102 valence electrons. The average Bonchev–Trinajstić information content (AvgIpc) is 2.62. The second-order valence-electron chi connectivity index (χ2n) is 5.52. The largest absolute Gasteiger partial charge is 0.320 e. The molecule has 0 spiro atoms. The SMILES string of the molecule is CC1CCCN(Cc2cccc(C#CCN)c2)CC1. The van der Waals surface area contributed by atoms with Gasteiger partial charge in [0.1, 0.15) is 0 Å². The molecule has 0 aliphatic carbocycles. The Balaban J connectivity index is 1.98. The third-order valence-corrected chi connectivity index (χ3v) is 3.78. The molecule has 1 heterocycles. The van der Waals surface area contributed by atoms with Gasteiger partial charge in [0.15, 0.2) is 0 Å². The van der Waals surface area contributed by atoms with Gasteiger partial charge < -0.3 is 5.73 Å². The lowest BCUT2D eigenvalue weighted by Crippen LogP contribution is -2.24. The van der Waals surface area contributed by atoms with Crippen LogP contribution in [0.5, 0.6) is 0 Å². The summed E-state index contributed by atoms with van der Waals surface area (Å²) in [4.78, 5) is 2.57. The van der Waals surface area contributed by atoms with Crippen molar-refractivity contribution in [2.24, 2.45) is 11.7 Å². The molecule has 0 amide bonds. The predicted molar refractivity (Wildman–Crippen MR) is 80.7 cm³/mol. The number of hydrogen-bond acceptors (Lipinski definition) is 2. The molecule has 0 bridgehead atoms. The lowest BCUT2D eigenvalue weighted by Gasteiger charge is -2.20. The zero-order chi connectivity index (χ0) is 13.5. The average molecular weight is 256 g/mol. The van der Waals surface area contributed by atoms with Crippen LogP contribution >= 0.6 is 0 Å². The smallest absolute Gasteiger partial charge is 0.0555 e. The molecule has 1 fully saturated rings. The molecule has 1 aliphatic heterocycles. The summed E-state index contributed by atoms with van der Waals surface area (Å²) in [6.07, 6.45) is 4.03. The van der Waals surface area contributed by atoms with Crippen molar-refractivity contribution in [3.8, 4) is 11.8 Å². The molecule has 2 heteroatoms. The van der Waals surface area contributed by atoms with Crippen molar-refractivity contribution in [1.29, 1.82) is 0 Å². The van der Waals surface area contributed by atoms with E-state index < -0.39 is 0 Å². The van der Waals surface area contributed by atoms with Gasteiger partial charge in [0.25, 0.3) is 0 Å². The van der Waals surface area contributed by atoms with Gasteiger partial charge in [-0.1, -0.05) is 30.9 Å². The highest BCUT2D eigenvalue weighted by Crippen LogP contribution is 2.18. The Morgan fingerprint density at radius 3 is 3.05 bits per heavy atom. The van der Waals surface area contributed by atoms with Gasteiger partial charge in [0.2, 0.25) is 0 Å². The molecule has 1 unspecified atom stereocenters. The summed E-state index contributed by atoms with van der Waals surface area (Å²) in [6, 6.07) is 8.53. The van der Waals surface area contributed by atoms with Crippen molar-refractivity contribution in [1.82, 2.24) is 4.90 Å². The first-order valence-electron chi connectivity index (χ1n) is 7.28. The molecule has 2 rings (SSSR count). The molecule has 1 aliphatic rings. The van der Waals surface area contributed by atoms with Gasteiger partial charge in [-0.2, -0.15) is 0 Å². The van der Waals surface area contributed by atoms with Gasteiger partial charge in [-0.3, -0.25) is 4.90 Å². The lowest BCUT2D eigenvalue weighted by molar-refractivity contribution is 0.273. The summed E-state index contributed by atoms with van der Waals surface area (Å²) in [5.74, 6) is 6.90. The number of nitrogens with zero attached hydrogens (tertiary/aromatic N) is 1. The van der Waals surface area contributed by atoms with E-state index in [1.165, 1.54) is 37.9 Å². The van der Waals surface area contributed by atoms with Crippen LogP contribution in [0.2, 0.25) is 0 Å². The minimum Gasteiger partial charge on any atom is -0.320 e. The van der Waals surface area contributed by atoms with E-state index in [9.17, 15) is 0 Å². The van der Waals surface area contributed by atoms with Gasteiger partial charge in [-0.15, -0.1) is 0 Å². The third-order valence-electron chi connectivity index (χ3n) is 3.78. The van der Waals surface area contributed by atoms with Gasteiger partial charge in [-0.25, -0.2) is 0 Å². The summed E-state index contributed by atoms with van der Waals surface area (Å²) in [6.45, 7) is 6.29. The van der Waals surface area contributed by atoms with E-state index >= 15 is 0 Å². The maximum atomic E-state index is 5.41. The summed E-state index contributed by atoms with van der Waals surface area (Å²) in [5.41, 5.74) is 7.85. The van der Waals surface area contributed by atoms with E-state index in [1.807, 2.05) is 0 Å². The Morgan fingerprint density at radius 2 is 2.21 bits per heavy atom. The second kappa shape index (κ2) is 7.33. The molecule has 0 aromatic heterocycles. The molecular formula is C17H24N2. The van der Waals surface area contributed by atoms with Crippen LogP contribution in [0.1, 0.15) is 37.3 Å². The summed E-state index contributed by atoms with van der Waals surface area (Å²) < 4.78 is 0. The van der Waals surface area contributed by atoms with Crippen LogP contribution in [0.4, 0.5) is 0 Å². The Bertz CT molecular complexity index is 456. The number of benzene rings is 1. The van der Waals surface area contributed by atoms with Crippen molar-refractivity contribution < 1.29 is 0 Å². The first kappa shape index (κ1) is 14.1. The quantitative estimate of drug-likeness (QED) is 0.824. The van der Waals surface area contributed by atoms with Crippen LogP contribution in [0.3, 0.4) is 0 Å². The van der Waals surface area contributed by atoms with Crippen LogP contribution in [0.15, 0.2) is 24.3 Å². The predicted octanol–water partition coefficient (Wildman–Crippen LogP) is 2.62. The first-order chi connectivity index (χ1) is 9.28. The summed E-state index contributed by atoms with van der Waals surface area (Å²) >= 11 is 0. The molecule has 0 saturated carbocycles. The lowest BCUT2D eigenvalue weighted by atomic mass is 10.0. The molecule has 0 radical (unpaired) electrons. The molecule has 1 aromatic rings. The fourth-order valence-corrected chi connectivity index (χ4v) is 2.64. The minimum absolute atomic E-state index is 0.425. The van der Waals surface area contributed by atoms with E-state index in [0.717, 1.165) is 18.0 Å². The fraction of sp³-hybridized carbons (Fsp3) is 0.529. The third kappa shape index (κ3) is 4.70. The van der Waals surface area contributed by atoms with Crippen LogP contribution in [-0.2, 0) is 6.54 Å². The standard InChI is InChI=1S/C17H24N2/c1-15-5-4-11-19(12-9-15)14-17-7-2-6-16(13-17)8-3-10-18/h2,6-7,13,15H,4-5,9-12,14,18H2,1H3. The van der Waals surface area contributed by atoms with Gasteiger partial charge in [0.05, 0.1) is 6.54 Å². The molecule has 1 atom stereocenters. The second-order valence-corrected chi connectivity index (χ2v) is 5.52. The van der Waals surface area contributed by atoms with Crippen molar-refractivity contribution in [3.05, 3.63) is 35.4 Å². The zero-order valence-electron chi connectivity index (χ0n) is 11.9. The van der Waals surface area contributed by atoms with Crippen molar-refractivity contribution in [2.75, 3.05) is 19.6 Å². The Hall–Kier alpha value is -1.30. The van der Waals surface area contributed by atoms with Crippen molar-refractivity contribution >= 4 is 0 Å². The highest BCUT2D eigenvalue weighted by atomic mass is 15.1. The van der Waals surface area contributed by atoms with E-state index in [2.05, 4.69) is 47.9 Å². The fourth-order valence-electron chi connectivity index (χ4n) is 2.64. The van der Waals surface area contributed by atoms with Gasteiger partial charge in [0, 0.05) is 12.1 Å². The molecule has 1 aromatic carbocycles. The molecule has 19 heavy (non-hydrogen) atoms. The van der Waals surface area contributed by atoms with Gasteiger partial charge in [-0.05, 0) is 56.0 Å². The zero-order valence-corrected chi connectivity index (χ0v) is 11.9. The Kier molecular flexibility index (Phi) is 5.44. The topological polar surface area (TPSA) is 29.3 Å². The molecule has 2 N–H and O–H groups in total. The Labute approximate surface area is 117 Å². The highest BCUT2D eigenvalue weighted by Gasteiger charge is 2.13. The van der Waals surface area contributed by atoms with E-state index in [-0.39, 0.29) is 0 Å². The monoisotopic (exact) mass is 256 g/mol. The maximum Gasteiger partial charge on any atom is 0.0555 e. The maximum absolute atomic E-state index is 5.41. The number of likely N-dealkylation sites (tertiary alicyclic amines) is 1. The van der Waals surface area contributed by atoms with E-state index in [0.29, 0.717) is 6.54 Å². The van der Waals surface area contributed by atoms with Crippen molar-refractivity contribution in [2.45, 2.75) is 32.7 Å². The normalized spacial score (nSPS) is 20.4. The summed E-state index contributed by atoms with van der Waals surface area (Å²) in [7, 11) is 0. The molecule has 1 saturated heterocycles. The van der Waals surface area contributed by atoms with Crippen LogP contribution in [-0.4, -0.2) is 24.5 Å². The first-order valence-corrected chi connectivity index (χ1v) is 7.28. The molecule has 2 nitrogen and oxygen atoms in total.